The van der Waals surface area contributed by atoms with E-state index in [1.807, 2.05) is 43.3 Å². The second-order valence-corrected chi connectivity index (χ2v) is 4.13. The highest BCUT2D eigenvalue weighted by molar-refractivity contribution is 9.10. The average molecular weight is 294 g/mol. The van der Waals surface area contributed by atoms with Gasteiger partial charge in [-0.2, -0.15) is 0 Å². The normalized spacial score (nSPS) is 10.0. The van der Waals surface area contributed by atoms with Crippen LogP contribution in [-0.4, -0.2) is 11.6 Å². The Morgan fingerprint density at radius 1 is 1.12 bits per heavy atom. The Bertz CT molecular complexity index is 502. The topological polar surface area (TPSA) is 31.4 Å². The van der Waals surface area contributed by atoms with E-state index < -0.39 is 0 Å². The highest BCUT2D eigenvalue weighted by Crippen LogP contribution is 2.32. The van der Waals surface area contributed by atoms with Crippen LogP contribution in [0.3, 0.4) is 0 Å². The number of aromatic nitrogens is 1. The zero-order chi connectivity index (χ0) is 12.1. The monoisotopic (exact) mass is 293 g/mol. The quantitative estimate of drug-likeness (QED) is 0.853. The fourth-order valence-electron chi connectivity index (χ4n) is 1.35. The van der Waals surface area contributed by atoms with E-state index in [1.54, 1.807) is 6.20 Å². The van der Waals surface area contributed by atoms with E-state index in [0.717, 1.165) is 4.47 Å². The van der Waals surface area contributed by atoms with Crippen molar-refractivity contribution >= 4 is 15.9 Å². The van der Waals surface area contributed by atoms with Gasteiger partial charge in [0, 0.05) is 6.20 Å². The number of benzene rings is 1. The molecule has 0 aliphatic heterocycles. The van der Waals surface area contributed by atoms with Gasteiger partial charge in [-0.05, 0) is 47.1 Å². The van der Waals surface area contributed by atoms with Gasteiger partial charge in [0.2, 0.25) is 0 Å². The molecule has 1 heterocycles. The molecule has 2 aromatic rings. The van der Waals surface area contributed by atoms with Gasteiger partial charge < -0.3 is 9.47 Å². The standard InChI is InChI=1S/C13H12BrNO2/c1-2-16-12-8-5-9-15-13(12)17-11-7-4-3-6-10(11)14/h3-9H,2H2,1H3. The van der Waals surface area contributed by atoms with Crippen LogP contribution in [0.5, 0.6) is 17.4 Å². The number of halogens is 1. The number of hydrogen-bond donors (Lipinski definition) is 0. The molecule has 0 N–H and O–H groups in total. The average Bonchev–Trinajstić information content (AvgIpc) is 2.35. The molecule has 0 fully saturated rings. The first kappa shape index (κ1) is 11.9. The molecule has 0 radical (unpaired) electrons. The molecule has 0 spiro atoms. The molecule has 0 atom stereocenters. The fraction of sp³-hybridized carbons (Fsp3) is 0.154. The molecular weight excluding hydrogens is 282 g/mol. The summed E-state index contributed by atoms with van der Waals surface area (Å²) in [7, 11) is 0. The van der Waals surface area contributed by atoms with Crippen molar-refractivity contribution in [2.75, 3.05) is 6.61 Å². The van der Waals surface area contributed by atoms with E-state index in [-0.39, 0.29) is 0 Å². The number of hydrogen-bond acceptors (Lipinski definition) is 3. The van der Waals surface area contributed by atoms with Gasteiger partial charge >= 0.3 is 0 Å². The minimum absolute atomic E-state index is 0.473. The summed E-state index contributed by atoms with van der Waals surface area (Å²) in [4.78, 5) is 4.17. The summed E-state index contributed by atoms with van der Waals surface area (Å²) in [6.45, 7) is 2.51. The molecule has 0 aliphatic carbocycles. The van der Waals surface area contributed by atoms with Crippen molar-refractivity contribution in [2.24, 2.45) is 0 Å². The maximum Gasteiger partial charge on any atom is 0.262 e. The molecule has 3 nitrogen and oxygen atoms in total. The summed E-state index contributed by atoms with van der Waals surface area (Å²) in [6, 6.07) is 11.3. The van der Waals surface area contributed by atoms with E-state index >= 15 is 0 Å². The molecule has 0 saturated heterocycles. The van der Waals surface area contributed by atoms with E-state index in [0.29, 0.717) is 24.0 Å². The lowest BCUT2D eigenvalue weighted by atomic mass is 10.3. The maximum atomic E-state index is 5.71. The van der Waals surface area contributed by atoms with Crippen molar-refractivity contribution in [3.63, 3.8) is 0 Å². The fourth-order valence-corrected chi connectivity index (χ4v) is 1.72. The molecule has 0 unspecified atom stereocenters. The van der Waals surface area contributed by atoms with E-state index in [2.05, 4.69) is 20.9 Å². The third kappa shape index (κ3) is 2.97. The molecule has 0 bridgehead atoms. The van der Waals surface area contributed by atoms with Crippen LogP contribution < -0.4 is 9.47 Å². The second kappa shape index (κ2) is 5.68. The number of para-hydroxylation sites is 1. The lowest BCUT2D eigenvalue weighted by Gasteiger charge is -2.10. The van der Waals surface area contributed by atoms with Gasteiger partial charge in [-0.15, -0.1) is 0 Å². The van der Waals surface area contributed by atoms with Crippen LogP contribution in [0.2, 0.25) is 0 Å². The van der Waals surface area contributed by atoms with Crippen molar-refractivity contribution in [1.82, 2.24) is 4.98 Å². The van der Waals surface area contributed by atoms with Crippen LogP contribution >= 0.6 is 15.9 Å². The lowest BCUT2D eigenvalue weighted by molar-refractivity contribution is 0.316. The second-order valence-electron chi connectivity index (χ2n) is 3.27. The highest BCUT2D eigenvalue weighted by Gasteiger charge is 2.08. The maximum absolute atomic E-state index is 5.71. The zero-order valence-corrected chi connectivity index (χ0v) is 11.0. The Hall–Kier alpha value is -1.55. The van der Waals surface area contributed by atoms with E-state index in [4.69, 9.17) is 9.47 Å². The Balaban J connectivity index is 2.27. The number of rotatable bonds is 4. The van der Waals surface area contributed by atoms with Gasteiger partial charge in [-0.1, -0.05) is 12.1 Å². The summed E-state index contributed by atoms with van der Waals surface area (Å²) in [6.07, 6.45) is 1.68. The zero-order valence-electron chi connectivity index (χ0n) is 9.39. The number of nitrogens with zero attached hydrogens (tertiary/aromatic N) is 1. The molecule has 0 saturated carbocycles. The molecule has 4 heteroatoms. The molecule has 17 heavy (non-hydrogen) atoms. The third-order valence-corrected chi connectivity index (χ3v) is 2.73. The van der Waals surface area contributed by atoms with Crippen molar-refractivity contribution in [1.29, 1.82) is 0 Å². The molecule has 0 aliphatic rings. The van der Waals surface area contributed by atoms with Gasteiger partial charge in [0.05, 0.1) is 11.1 Å². The van der Waals surface area contributed by atoms with Crippen molar-refractivity contribution in [3.05, 3.63) is 47.1 Å². The SMILES string of the molecule is CCOc1cccnc1Oc1ccccc1Br. The van der Waals surface area contributed by atoms with Crippen LogP contribution in [0.25, 0.3) is 0 Å². The highest BCUT2D eigenvalue weighted by atomic mass is 79.9. The summed E-state index contributed by atoms with van der Waals surface area (Å²) in [5.41, 5.74) is 0. The molecule has 88 valence electrons. The van der Waals surface area contributed by atoms with Gasteiger partial charge in [0.1, 0.15) is 5.75 Å². The third-order valence-electron chi connectivity index (χ3n) is 2.08. The first-order valence-electron chi connectivity index (χ1n) is 5.31. The summed E-state index contributed by atoms with van der Waals surface area (Å²) >= 11 is 3.42. The molecule has 0 amide bonds. The first-order chi connectivity index (χ1) is 8.31. The van der Waals surface area contributed by atoms with Crippen molar-refractivity contribution < 1.29 is 9.47 Å². The van der Waals surface area contributed by atoms with Crippen LogP contribution in [0.15, 0.2) is 47.1 Å². The number of ether oxygens (including phenoxy) is 2. The lowest BCUT2D eigenvalue weighted by Crippen LogP contribution is -1.96. The van der Waals surface area contributed by atoms with Gasteiger partial charge in [0.15, 0.2) is 5.75 Å². The Kier molecular flexibility index (Phi) is 3.98. The van der Waals surface area contributed by atoms with E-state index in [1.165, 1.54) is 0 Å². The molecular formula is C13H12BrNO2. The van der Waals surface area contributed by atoms with Gasteiger partial charge in [-0.3, -0.25) is 0 Å². The summed E-state index contributed by atoms with van der Waals surface area (Å²) in [5, 5.41) is 0. The predicted octanol–water partition coefficient (Wildman–Crippen LogP) is 4.04. The largest absolute Gasteiger partial charge is 0.488 e. The van der Waals surface area contributed by atoms with Crippen LogP contribution in [0, 0.1) is 0 Å². The summed E-state index contributed by atoms with van der Waals surface area (Å²) < 4.78 is 12.0. The predicted molar refractivity (Wildman–Crippen MR) is 69.6 cm³/mol. The first-order valence-corrected chi connectivity index (χ1v) is 6.10. The Morgan fingerprint density at radius 3 is 2.65 bits per heavy atom. The van der Waals surface area contributed by atoms with Crippen LogP contribution in [-0.2, 0) is 0 Å². The van der Waals surface area contributed by atoms with Crippen molar-refractivity contribution in [2.45, 2.75) is 6.92 Å². The van der Waals surface area contributed by atoms with Crippen LogP contribution in [0.4, 0.5) is 0 Å². The Labute approximate surface area is 109 Å². The van der Waals surface area contributed by atoms with Crippen LogP contribution in [0.1, 0.15) is 6.92 Å². The smallest absolute Gasteiger partial charge is 0.262 e. The van der Waals surface area contributed by atoms with E-state index in [9.17, 15) is 0 Å². The van der Waals surface area contributed by atoms with Crippen molar-refractivity contribution in [3.8, 4) is 17.4 Å². The molecule has 1 aromatic carbocycles. The molecule has 2 rings (SSSR count). The van der Waals surface area contributed by atoms with Gasteiger partial charge in [-0.25, -0.2) is 4.98 Å². The minimum Gasteiger partial charge on any atom is -0.488 e. The summed E-state index contributed by atoms with van der Waals surface area (Å²) in [5.74, 6) is 1.83. The number of pyridine rings is 1. The Morgan fingerprint density at radius 2 is 1.88 bits per heavy atom. The van der Waals surface area contributed by atoms with Gasteiger partial charge in [0.25, 0.3) is 5.88 Å². The minimum atomic E-state index is 0.473. The molecule has 1 aromatic heterocycles.